The van der Waals surface area contributed by atoms with Crippen LogP contribution in [0.3, 0.4) is 0 Å². The molecule has 2 aromatic heterocycles. The first-order valence-electron chi connectivity index (χ1n) is 11.0. The number of thiophene rings is 1. The van der Waals surface area contributed by atoms with E-state index >= 15 is 0 Å². The Balaban J connectivity index is 1.45. The second kappa shape index (κ2) is 9.19. The van der Waals surface area contributed by atoms with Gasteiger partial charge in [-0.2, -0.15) is 0 Å². The number of benzene rings is 2. The van der Waals surface area contributed by atoms with Crippen molar-refractivity contribution in [2.45, 2.75) is 6.92 Å². The molecule has 0 atom stereocenters. The van der Waals surface area contributed by atoms with E-state index in [0.29, 0.717) is 27.7 Å². The smallest absolute Gasteiger partial charge is 0.270 e. The lowest BCUT2D eigenvalue weighted by molar-refractivity contribution is 0.355. The quantitative estimate of drug-likeness (QED) is 0.421. The molecule has 0 unspecified atom stereocenters. The monoisotopic (exact) mass is 496 g/mol. The second-order valence-corrected chi connectivity index (χ2v) is 9.51. The van der Waals surface area contributed by atoms with Gasteiger partial charge in [0, 0.05) is 47.8 Å². The van der Waals surface area contributed by atoms with Crippen molar-refractivity contribution < 1.29 is 9.47 Å². The molecule has 1 saturated heterocycles. The molecule has 2 aromatic carbocycles. The summed E-state index contributed by atoms with van der Waals surface area (Å²) in [6, 6.07) is 11.7. The molecule has 3 heterocycles. The lowest BCUT2D eigenvalue weighted by atomic mass is 10.1. The first-order valence-corrected chi connectivity index (χ1v) is 12.2. The van der Waals surface area contributed by atoms with E-state index in [1.54, 1.807) is 14.2 Å². The minimum Gasteiger partial charge on any atom is -0.493 e. The molecule has 5 rings (SSSR count). The average molecular weight is 497 g/mol. The molecule has 0 saturated carbocycles. The third-order valence-corrected chi connectivity index (χ3v) is 7.40. The Kier molecular flexibility index (Phi) is 6.10. The van der Waals surface area contributed by atoms with Gasteiger partial charge in [0.05, 0.1) is 19.7 Å². The van der Waals surface area contributed by atoms with Gasteiger partial charge in [-0.15, -0.1) is 11.3 Å². The second-order valence-electron chi connectivity index (χ2n) is 8.19. The number of fused-ring (bicyclic) bond motifs is 1. The van der Waals surface area contributed by atoms with E-state index in [1.165, 1.54) is 16.9 Å². The standard InChI is InChI=1S/C25H25ClN4O3S/c1-15-4-6-17(26)13-19(15)29-8-10-30(11-9-29)25-27-22-18(14-34-23(22)24(31)28-25)16-5-7-20(32-2)21(12-16)33-3/h4-7,12-14H,8-11H2,1-3H3,(H,27,28,31). The lowest BCUT2D eigenvalue weighted by Crippen LogP contribution is -2.47. The number of piperazine rings is 1. The zero-order chi connectivity index (χ0) is 23.8. The number of rotatable bonds is 5. The lowest BCUT2D eigenvalue weighted by Gasteiger charge is -2.37. The molecular weight excluding hydrogens is 472 g/mol. The van der Waals surface area contributed by atoms with Gasteiger partial charge < -0.3 is 19.3 Å². The Morgan fingerprint density at radius 1 is 1.00 bits per heavy atom. The number of nitrogens with one attached hydrogen (secondary N) is 1. The zero-order valence-corrected chi connectivity index (χ0v) is 20.8. The average Bonchev–Trinajstić information content (AvgIpc) is 3.30. The van der Waals surface area contributed by atoms with Crippen LogP contribution in [0.15, 0.2) is 46.6 Å². The summed E-state index contributed by atoms with van der Waals surface area (Å²) in [5, 5.41) is 2.71. The van der Waals surface area contributed by atoms with Gasteiger partial charge in [0.15, 0.2) is 11.5 Å². The van der Waals surface area contributed by atoms with Crippen molar-refractivity contribution in [1.29, 1.82) is 0 Å². The summed E-state index contributed by atoms with van der Waals surface area (Å²) in [5.74, 6) is 1.89. The Hall–Kier alpha value is -3.23. The number of aromatic nitrogens is 2. The topological polar surface area (TPSA) is 70.7 Å². The van der Waals surface area contributed by atoms with Crippen LogP contribution in [0.25, 0.3) is 21.3 Å². The SMILES string of the molecule is COc1ccc(-c2csc3c(=O)[nH]c(N4CCN(c5cc(Cl)ccc5C)CC4)nc23)cc1OC. The van der Waals surface area contributed by atoms with E-state index in [-0.39, 0.29) is 5.56 Å². The van der Waals surface area contributed by atoms with Crippen LogP contribution in [-0.2, 0) is 0 Å². The summed E-state index contributed by atoms with van der Waals surface area (Å²) in [6.45, 7) is 5.22. The van der Waals surface area contributed by atoms with Crippen LogP contribution >= 0.6 is 22.9 Å². The van der Waals surface area contributed by atoms with E-state index in [0.717, 1.165) is 48.0 Å². The van der Waals surface area contributed by atoms with Crippen molar-refractivity contribution in [1.82, 2.24) is 9.97 Å². The van der Waals surface area contributed by atoms with Gasteiger partial charge in [-0.25, -0.2) is 4.98 Å². The van der Waals surface area contributed by atoms with E-state index in [1.807, 2.05) is 41.8 Å². The molecule has 4 aromatic rings. The van der Waals surface area contributed by atoms with Crippen LogP contribution in [-0.4, -0.2) is 50.4 Å². The number of hydrogen-bond donors (Lipinski definition) is 1. The summed E-state index contributed by atoms with van der Waals surface area (Å²) in [6.07, 6.45) is 0. The fourth-order valence-corrected chi connectivity index (χ4v) is 5.43. The third-order valence-electron chi connectivity index (χ3n) is 6.20. The summed E-state index contributed by atoms with van der Waals surface area (Å²) >= 11 is 7.62. The van der Waals surface area contributed by atoms with Crippen molar-refractivity contribution in [3.63, 3.8) is 0 Å². The molecule has 7 nitrogen and oxygen atoms in total. The van der Waals surface area contributed by atoms with E-state index in [4.69, 9.17) is 26.1 Å². The van der Waals surface area contributed by atoms with Crippen molar-refractivity contribution >= 4 is 44.8 Å². The Morgan fingerprint density at radius 2 is 1.74 bits per heavy atom. The molecule has 0 amide bonds. The van der Waals surface area contributed by atoms with E-state index in [9.17, 15) is 4.79 Å². The molecule has 1 fully saturated rings. The molecule has 0 spiro atoms. The van der Waals surface area contributed by atoms with Gasteiger partial charge in [0.25, 0.3) is 5.56 Å². The van der Waals surface area contributed by atoms with Gasteiger partial charge in [-0.1, -0.05) is 23.7 Å². The number of aryl methyl sites for hydroxylation is 1. The molecule has 1 N–H and O–H groups in total. The Bertz CT molecular complexity index is 1410. The molecule has 1 aliphatic heterocycles. The fraction of sp³-hybridized carbons (Fsp3) is 0.280. The van der Waals surface area contributed by atoms with Gasteiger partial charge in [-0.3, -0.25) is 9.78 Å². The highest BCUT2D eigenvalue weighted by Gasteiger charge is 2.22. The molecule has 34 heavy (non-hydrogen) atoms. The highest BCUT2D eigenvalue weighted by atomic mass is 35.5. The number of ether oxygens (including phenoxy) is 2. The molecule has 1 aliphatic rings. The number of aromatic amines is 1. The number of hydrogen-bond acceptors (Lipinski definition) is 7. The number of halogens is 1. The van der Waals surface area contributed by atoms with Crippen LogP contribution < -0.4 is 24.8 Å². The minimum absolute atomic E-state index is 0.121. The molecule has 0 aliphatic carbocycles. The third kappa shape index (κ3) is 4.08. The van der Waals surface area contributed by atoms with Crippen LogP contribution in [0.2, 0.25) is 5.02 Å². The minimum atomic E-state index is -0.121. The largest absolute Gasteiger partial charge is 0.493 e. The van der Waals surface area contributed by atoms with Crippen molar-refractivity contribution in [3.05, 3.63) is 62.7 Å². The number of H-pyrrole nitrogens is 1. The first kappa shape index (κ1) is 22.6. The van der Waals surface area contributed by atoms with Gasteiger partial charge in [-0.05, 0) is 42.3 Å². The van der Waals surface area contributed by atoms with Crippen LogP contribution in [0.4, 0.5) is 11.6 Å². The highest BCUT2D eigenvalue weighted by molar-refractivity contribution is 7.17. The molecule has 0 radical (unpaired) electrons. The van der Waals surface area contributed by atoms with Crippen molar-refractivity contribution in [3.8, 4) is 22.6 Å². The summed E-state index contributed by atoms with van der Waals surface area (Å²) in [4.78, 5) is 25.2. The molecular formula is C25H25ClN4O3S. The van der Waals surface area contributed by atoms with Crippen LogP contribution in [0, 0.1) is 6.92 Å². The van der Waals surface area contributed by atoms with Gasteiger partial charge >= 0.3 is 0 Å². The Labute approximate surface area is 206 Å². The molecule has 0 bridgehead atoms. The fourth-order valence-electron chi connectivity index (χ4n) is 4.36. The molecule has 9 heteroatoms. The highest BCUT2D eigenvalue weighted by Crippen LogP contribution is 2.37. The van der Waals surface area contributed by atoms with Gasteiger partial charge in [0.2, 0.25) is 5.95 Å². The summed E-state index contributed by atoms with van der Waals surface area (Å²) < 4.78 is 11.4. The predicted molar refractivity (Wildman–Crippen MR) is 139 cm³/mol. The summed E-state index contributed by atoms with van der Waals surface area (Å²) in [7, 11) is 3.22. The van der Waals surface area contributed by atoms with E-state index < -0.39 is 0 Å². The van der Waals surface area contributed by atoms with Crippen molar-refractivity contribution in [2.75, 3.05) is 50.2 Å². The van der Waals surface area contributed by atoms with Gasteiger partial charge in [0.1, 0.15) is 4.70 Å². The predicted octanol–water partition coefficient (Wildman–Crippen LogP) is 4.96. The van der Waals surface area contributed by atoms with E-state index in [2.05, 4.69) is 21.7 Å². The van der Waals surface area contributed by atoms with Crippen LogP contribution in [0.1, 0.15) is 5.56 Å². The normalized spacial score (nSPS) is 14.0. The molecule has 176 valence electrons. The van der Waals surface area contributed by atoms with Crippen LogP contribution in [0.5, 0.6) is 11.5 Å². The Morgan fingerprint density at radius 3 is 2.47 bits per heavy atom. The first-order chi connectivity index (χ1) is 16.5. The number of anilines is 2. The summed E-state index contributed by atoms with van der Waals surface area (Å²) in [5.41, 5.74) is 4.76. The maximum atomic E-state index is 12.9. The number of nitrogens with zero attached hydrogens (tertiary/aromatic N) is 3. The maximum Gasteiger partial charge on any atom is 0.270 e. The maximum absolute atomic E-state index is 12.9. The van der Waals surface area contributed by atoms with Crippen molar-refractivity contribution in [2.24, 2.45) is 0 Å². The number of methoxy groups -OCH3 is 2. The zero-order valence-electron chi connectivity index (χ0n) is 19.2.